The minimum absolute atomic E-state index is 0.0149. The minimum atomic E-state index is -0.0832. The molecule has 0 saturated heterocycles. The van der Waals surface area contributed by atoms with Gasteiger partial charge in [-0.25, -0.2) is 0 Å². The molecule has 2 aromatic rings. The first kappa shape index (κ1) is 13.4. The van der Waals surface area contributed by atoms with Gasteiger partial charge >= 0.3 is 0 Å². The second-order valence-corrected chi connectivity index (χ2v) is 5.28. The summed E-state index contributed by atoms with van der Waals surface area (Å²) in [6.45, 7) is 4.85. The van der Waals surface area contributed by atoms with E-state index in [1.807, 2.05) is 24.3 Å². The van der Waals surface area contributed by atoms with Crippen molar-refractivity contribution in [3.8, 4) is 0 Å². The molecule has 1 aromatic heterocycles. The molecular formula is C16H19NO2. The number of hydrogen-bond acceptors (Lipinski definition) is 2. The highest BCUT2D eigenvalue weighted by Gasteiger charge is 2.21. The zero-order valence-corrected chi connectivity index (χ0v) is 11.3. The van der Waals surface area contributed by atoms with Crippen LogP contribution in [-0.4, -0.2) is 12.5 Å². The number of rotatable bonds is 5. The van der Waals surface area contributed by atoms with Crippen LogP contribution in [0.4, 0.5) is 0 Å². The van der Waals surface area contributed by atoms with Crippen molar-refractivity contribution in [3.63, 3.8) is 0 Å². The molecule has 0 saturated carbocycles. The molecule has 0 unspecified atom stereocenters. The third-order valence-corrected chi connectivity index (χ3v) is 3.20. The summed E-state index contributed by atoms with van der Waals surface area (Å²) in [4.78, 5) is 11.8. The summed E-state index contributed by atoms with van der Waals surface area (Å²) < 4.78 is 5.16. The Morgan fingerprint density at radius 3 is 2.53 bits per heavy atom. The summed E-state index contributed by atoms with van der Waals surface area (Å²) in [7, 11) is 0. The molecule has 100 valence electrons. The van der Waals surface area contributed by atoms with E-state index in [9.17, 15) is 4.79 Å². The number of carbonyl (C=O) groups is 1. The minimum Gasteiger partial charge on any atom is -0.469 e. The average Bonchev–Trinajstić information content (AvgIpc) is 2.90. The zero-order valence-electron chi connectivity index (χ0n) is 11.3. The van der Waals surface area contributed by atoms with Crippen LogP contribution in [0.1, 0.15) is 25.2 Å². The van der Waals surface area contributed by atoms with Crippen molar-refractivity contribution >= 4 is 5.91 Å². The predicted molar refractivity (Wildman–Crippen MR) is 74.9 cm³/mol. The second kappa shape index (κ2) is 5.74. The van der Waals surface area contributed by atoms with Crippen LogP contribution in [0.3, 0.4) is 0 Å². The Bertz CT molecular complexity index is 515. The maximum absolute atomic E-state index is 11.8. The Balaban J connectivity index is 1.89. The van der Waals surface area contributed by atoms with Gasteiger partial charge < -0.3 is 9.73 Å². The van der Waals surface area contributed by atoms with E-state index in [0.29, 0.717) is 12.3 Å². The normalized spacial score (nSPS) is 11.3. The Morgan fingerprint density at radius 2 is 1.89 bits per heavy atom. The molecule has 1 aromatic carbocycles. The van der Waals surface area contributed by atoms with Crippen LogP contribution in [0.2, 0.25) is 0 Å². The summed E-state index contributed by atoms with van der Waals surface area (Å²) >= 11 is 0. The summed E-state index contributed by atoms with van der Waals surface area (Å²) in [5.74, 6) is 0.675. The van der Waals surface area contributed by atoms with Gasteiger partial charge in [0.15, 0.2) is 0 Å². The Hall–Kier alpha value is -2.03. The number of amides is 1. The quantitative estimate of drug-likeness (QED) is 0.895. The summed E-state index contributed by atoms with van der Waals surface area (Å²) in [5, 5.41) is 2.96. The number of furan rings is 1. The lowest BCUT2D eigenvalue weighted by Gasteiger charge is -2.25. The molecule has 0 aliphatic heterocycles. The van der Waals surface area contributed by atoms with Crippen molar-refractivity contribution in [2.75, 3.05) is 6.54 Å². The lowest BCUT2D eigenvalue weighted by atomic mass is 9.84. The number of hydrogen-bond donors (Lipinski definition) is 1. The number of nitrogens with one attached hydrogen (secondary N) is 1. The molecule has 0 aliphatic carbocycles. The van der Waals surface area contributed by atoms with Gasteiger partial charge in [-0.3, -0.25) is 4.79 Å². The lowest BCUT2D eigenvalue weighted by molar-refractivity contribution is -0.120. The topological polar surface area (TPSA) is 42.2 Å². The molecule has 19 heavy (non-hydrogen) atoms. The SMILES string of the molecule is CC(C)(CNC(=O)Cc1ccco1)c1ccccc1. The second-order valence-electron chi connectivity index (χ2n) is 5.28. The highest BCUT2D eigenvalue weighted by atomic mass is 16.3. The van der Waals surface area contributed by atoms with Gasteiger partial charge in [0.1, 0.15) is 5.76 Å². The van der Waals surface area contributed by atoms with Crippen molar-refractivity contribution in [1.29, 1.82) is 0 Å². The largest absolute Gasteiger partial charge is 0.469 e. The maximum atomic E-state index is 11.8. The standard InChI is InChI=1S/C16H19NO2/c1-16(2,13-7-4-3-5-8-13)12-17-15(18)11-14-9-6-10-19-14/h3-10H,11-12H2,1-2H3,(H,17,18). The highest BCUT2D eigenvalue weighted by Crippen LogP contribution is 2.21. The van der Waals surface area contributed by atoms with Gasteiger partial charge in [-0.2, -0.15) is 0 Å². The van der Waals surface area contributed by atoms with E-state index >= 15 is 0 Å². The smallest absolute Gasteiger partial charge is 0.227 e. The summed E-state index contributed by atoms with van der Waals surface area (Å²) in [6.07, 6.45) is 1.87. The van der Waals surface area contributed by atoms with Gasteiger partial charge in [-0.05, 0) is 17.7 Å². The molecule has 1 N–H and O–H groups in total. The van der Waals surface area contributed by atoms with E-state index < -0.39 is 0 Å². The van der Waals surface area contributed by atoms with E-state index in [-0.39, 0.29) is 17.7 Å². The van der Waals surface area contributed by atoms with Crippen LogP contribution < -0.4 is 5.32 Å². The van der Waals surface area contributed by atoms with Gasteiger partial charge in [0.05, 0.1) is 12.7 Å². The lowest BCUT2D eigenvalue weighted by Crippen LogP contribution is -2.37. The predicted octanol–water partition coefficient (Wildman–Crippen LogP) is 2.92. The highest BCUT2D eigenvalue weighted by molar-refractivity contribution is 5.78. The van der Waals surface area contributed by atoms with Crippen molar-refractivity contribution in [2.24, 2.45) is 0 Å². The first-order chi connectivity index (χ1) is 9.08. The monoisotopic (exact) mass is 257 g/mol. The summed E-state index contributed by atoms with van der Waals surface area (Å²) in [5.41, 5.74) is 1.13. The van der Waals surface area contributed by atoms with Crippen molar-refractivity contribution in [1.82, 2.24) is 5.32 Å². The van der Waals surface area contributed by atoms with Crippen molar-refractivity contribution < 1.29 is 9.21 Å². The average molecular weight is 257 g/mol. The molecule has 2 rings (SSSR count). The molecule has 1 amide bonds. The van der Waals surface area contributed by atoms with Crippen LogP contribution >= 0.6 is 0 Å². The van der Waals surface area contributed by atoms with E-state index in [2.05, 4.69) is 31.3 Å². The molecule has 0 fully saturated rings. The van der Waals surface area contributed by atoms with Crippen molar-refractivity contribution in [3.05, 3.63) is 60.1 Å². The molecule has 0 aliphatic rings. The van der Waals surface area contributed by atoms with E-state index in [1.54, 1.807) is 12.3 Å². The van der Waals surface area contributed by atoms with E-state index in [0.717, 1.165) is 0 Å². The van der Waals surface area contributed by atoms with Crippen LogP contribution in [0.5, 0.6) is 0 Å². The van der Waals surface area contributed by atoms with Gasteiger partial charge in [0.25, 0.3) is 0 Å². The number of benzene rings is 1. The van der Waals surface area contributed by atoms with Gasteiger partial charge in [-0.1, -0.05) is 44.2 Å². The first-order valence-electron chi connectivity index (χ1n) is 6.42. The van der Waals surface area contributed by atoms with Crippen LogP contribution in [0.25, 0.3) is 0 Å². The summed E-state index contributed by atoms with van der Waals surface area (Å²) in [6, 6.07) is 13.8. The molecule has 0 spiro atoms. The van der Waals surface area contributed by atoms with E-state index in [1.165, 1.54) is 5.56 Å². The van der Waals surface area contributed by atoms with Crippen LogP contribution in [-0.2, 0) is 16.6 Å². The fourth-order valence-corrected chi connectivity index (χ4v) is 1.94. The molecule has 1 heterocycles. The number of carbonyl (C=O) groups excluding carboxylic acids is 1. The zero-order chi connectivity index (χ0) is 13.7. The van der Waals surface area contributed by atoms with Gasteiger partial charge in [0.2, 0.25) is 5.91 Å². The molecule has 0 radical (unpaired) electrons. The van der Waals surface area contributed by atoms with Crippen molar-refractivity contribution in [2.45, 2.75) is 25.7 Å². The third-order valence-electron chi connectivity index (χ3n) is 3.20. The first-order valence-corrected chi connectivity index (χ1v) is 6.42. The Labute approximate surface area is 113 Å². The Morgan fingerprint density at radius 1 is 1.16 bits per heavy atom. The molecular weight excluding hydrogens is 238 g/mol. The fourth-order valence-electron chi connectivity index (χ4n) is 1.94. The molecule has 3 nitrogen and oxygen atoms in total. The Kier molecular flexibility index (Phi) is 4.05. The van der Waals surface area contributed by atoms with Gasteiger partial charge in [0, 0.05) is 12.0 Å². The fraction of sp³-hybridized carbons (Fsp3) is 0.312. The molecule has 3 heteroatoms. The van der Waals surface area contributed by atoms with Gasteiger partial charge in [-0.15, -0.1) is 0 Å². The molecule has 0 atom stereocenters. The van der Waals surface area contributed by atoms with Crippen LogP contribution in [0.15, 0.2) is 53.1 Å². The third kappa shape index (κ3) is 3.71. The van der Waals surface area contributed by atoms with Crippen LogP contribution in [0, 0.1) is 0 Å². The van der Waals surface area contributed by atoms with E-state index in [4.69, 9.17) is 4.42 Å². The maximum Gasteiger partial charge on any atom is 0.227 e. The molecule has 0 bridgehead atoms.